The molecule has 0 radical (unpaired) electrons. The molecule has 0 atom stereocenters. The van der Waals surface area contributed by atoms with Crippen molar-refractivity contribution < 1.29 is 9.47 Å². The summed E-state index contributed by atoms with van der Waals surface area (Å²) in [4.78, 5) is 0. The van der Waals surface area contributed by atoms with E-state index in [1.165, 1.54) is 0 Å². The number of benzene rings is 2. The van der Waals surface area contributed by atoms with Crippen molar-refractivity contribution >= 4 is 11.4 Å². The highest BCUT2D eigenvalue weighted by Gasteiger charge is 2.02. The minimum atomic E-state index is 0.417. The molecule has 4 nitrogen and oxygen atoms in total. The molecule has 4 N–H and O–H groups in total. The van der Waals surface area contributed by atoms with Gasteiger partial charge in [0.1, 0.15) is 24.7 Å². The lowest BCUT2D eigenvalue weighted by Gasteiger charge is -2.12. The molecule has 0 bridgehead atoms. The van der Waals surface area contributed by atoms with Crippen LogP contribution >= 0.6 is 0 Å². The first-order chi connectivity index (χ1) is 9.56. The lowest BCUT2D eigenvalue weighted by molar-refractivity contribution is 0.218. The Balaban J connectivity index is 1.86. The maximum atomic E-state index is 5.87. The molecule has 2 rings (SSSR count). The highest BCUT2D eigenvalue weighted by molar-refractivity contribution is 5.54. The van der Waals surface area contributed by atoms with E-state index in [1.54, 1.807) is 0 Å². The molecule has 0 saturated heterocycles. The molecule has 0 aromatic heterocycles. The molecule has 106 valence electrons. The van der Waals surface area contributed by atoms with Crippen LogP contribution in [0.5, 0.6) is 11.5 Å². The maximum absolute atomic E-state index is 5.87. The second-order valence-electron chi connectivity index (χ2n) is 4.78. The summed E-state index contributed by atoms with van der Waals surface area (Å²) >= 11 is 0. The van der Waals surface area contributed by atoms with E-state index in [2.05, 4.69) is 0 Å². The normalized spacial score (nSPS) is 10.3. The number of rotatable bonds is 5. The molecular weight excluding hydrogens is 252 g/mol. The molecule has 2 aromatic rings. The van der Waals surface area contributed by atoms with E-state index in [-0.39, 0.29) is 0 Å². The van der Waals surface area contributed by atoms with Crippen LogP contribution in [0.2, 0.25) is 0 Å². The predicted molar refractivity (Wildman–Crippen MR) is 82.2 cm³/mol. The molecule has 0 spiro atoms. The Hall–Kier alpha value is -2.36. The van der Waals surface area contributed by atoms with Crippen molar-refractivity contribution in [2.45, 2.75) is 13.8 Å². The summed E-state index contributed by atoms with van der Waals surface area (Å²) in [5, 5.41) is 0. The number of hydrogen-bond donors (Lipinski definition) is 2. The molecule has 4 heteroatoms. The summed E-state index contributed by atoms with van der Waals surface area (Å²) in [6, 6.07) is 11.4. The van der Waals surface area contributed by atoms with E-state index in [0.717, 1.165) is 11.1 Å². The average Bonchev–Trinajstić information content (AvgIpc) is 2.40. The molecule has 0 unspecified atom stereocenters. The topological polar surface area (TPSA) is 70.5 Å². The molecule has 0 aliphatic rings. The standard InChI is InChI=1S/C16H20N2O2/c1-11-4-6-15(14(18)9-11)19-7-8-20-16-10-12(2)3-5-13(16)17/h3-6,9-10H,7-8,17-18H2,1-2H3. The SMILES string of the molecule is Cc1ccc(OCCOc2cc(C)ccc2N)c(N)c1. The Bertz CT molecular complexity index is 597. The highest BCUT2D eigenvalue weighted by atomic mass is 16.5. The van der Waals surface area contributed by atoms with Crippen LogP contribution in [0.3, 0.4) is 0 Å². The molecule has 0 aliphatic carbocycles. The number of nitrogen functional groups attached to an aromatic ring is 2. The fourth-order valence-electron chi connectivity index (χ4n) is 1.87. The zero-order valence-corrected chi connectivity index (χ0v) is 11.8. The monoisotopic (exact) mass is 272 g/mol. The lowest BCUT2D eigenvalue weighted by Crippen LogP contribution is -2.11. The van der Waals surface area contributed by atoms with Gasteiger partial charge in [-0.05, 0) is 49.2 Å². The van der Waals surface area contributed by atoms with E-state index in [4.69, 9.17) is 20.9 Å². The Morgan fingerprint density at radius 1 is 0.750 bits per heavy atom. The van der Waals surface area contributed by atoms with Crippen LogP contribution in [0, 0.1) is 13.8 Å². The third-order valence-corrected chi connectivity index (χ3v) is 2.93. The third-order valence-electron chi connectivity index (χ3n) is 2.93. The molecule has 0 aliphatic heterocycles. The summed E-state index contributed by atoms with van der Waals surface area (Å²) in [5.74, 6) is 1.36. The van der Waals surface area contributed by atoms with Gasteiger partial charge in [0.05, 0.1) is 11.4 Å². The quantitative estimate of drug-likeness (QED) is 0.648. The summed E-state index contributed by atoms with van der Waals surface area (Å²) in [7, 11) is 0. The van der Waals surface area contributed by atoms with Crippen LogP contribution < -0.4 is 20.9 Å². The summed E-state index contributed by atoms with van der Waals surface area (Å²) < 4.78 is 11.2. The minimum Gasteiger partial charge on any atom is -0.488 e. The Labute approximate surface area is 119 Å². The van der Waals surface area contributed by atoms with Crippen LogP contribution in [0.1, 0.15) is 11.1 Å². The third kappa shape index (κ3) is 3.57. The number of nitrogens with two attached hydrogens (primary N) is 2. The number of anilines is 2. The van der Waals surface area contributed by atoms with Gasteiger partial charge in [0, 0.05) is 0 Å². The highest BCUT2D eigenvalue weighted by Crippen LogP contribution is 2.23. The van der Waals surface area contributed by atoms with Crippen molar-refractivity contribution in [1.29, 1.82) is 0 Å². The molecule has 2 aromatic carbocycles. The van der Waals surface area contributed by atoms with Crippen molar-refractivity contribution in [2.75, 3.05) is 24.7 Å². The molecular formula is C16H20N2O2. The van der Waals surface area contributed by atoms with Crippen LogP contribution in [0.25, 0.3) is 0 Å². The van der Waals surface area contributed by atoms with E-state index < -0.39 is 0 Å². The Morgan fingerprint density at radius 3 is 2.05 bits per heavy atom. The van der Waals surface area contributed by atoms with Crippen LogP contribution in [0.4, 0.5) is 11.4 Å². The zero-order chi connectivity index (χ0) is 14.5. The zero-order valence-electron chi connectivity index (χ0n) is 11.8. The minimum absolute atomic E-state index is 0.417. The summed E-state index contributed by atoms with van der Waals surface area (Å²) in [6.45, 7) is 4.82. The second-order valence-corrected chi connectivity index (χ2v) is 4.78. The molecule has 0 saturated carbocycles. The molecule has 0 heterocycles. The molecule has 0 amide bonds. The van der Waals surface area contributed by atoms with Gasteiger partial charge in [0.15, 0.2) is 0 Å². The van der Waals surface area contributed by atoms with Gasteiger partial charge < -0.3 is 20.9 Å². The van der Waals surface area contributed by atoms with Gasteiger partial charge in [-0.2, -0.15) is 0 Å². The van der Waals surface area contributed by atoms with Gasteiger partial charge in [0.25, 0.3) is 0 Å². The Morgan fingerprint density at radius 2 is 1.35 bits per heavy atom. The van der Waals surface area contributed by atoms with Crippen LogP contribution in [0.15, 0.2) is 36.4 Å². The van der Waals surface area contributed by atoms with Crippen molar-refractivity contribution in [3.8, 4) is 11.5 Å². The molecule has 20 heavy (non-hydrogen) atoms. The van der Waals surface area contributed by atoms with Gasteiger partial charge in [-0.15, -0.1) is 0 Å². The summed E-state index contributed by atoms with van der Waals surface area (Å²) in [5.41, 5.74) is 15.2. The number of ether oxygens (including phenoxy) is 2. The first-order valence-corrected chi connectivity index (χ1v) is 6.54. The van der Waals surface area contributed by atoms with Crippen molar-refractivity contribution in [1.82, 2.24) is 0 Å². The maximum Gasteiger partial charge on any atom is 0.142 e. The van der Waals surface area contributed by atoms with E-state index in [0.29, 0.717) is 36.1 Å². The Kier molecular flexibility index (Phi) is 4.35. The predicted octanol–water partition coefficient (Wildman–Crippen LogP) is 2.93. The van der Waals surface area contributed by atoms with Crippen molar-refractivity contribution in [2.24, 2.45) is 0 Å². The van der Waals surface area contributed by atoms with Gasteiger partial charge in [-0.25, -0.2) is 0 Å². The lowest BCUT2D eigenvalue weighted by atomic mass is 10.2. The van der Waals surface area contributed by atoms with E-state index >= 15 is 0 Å². The fraction of sp³-hybridized carbons (Fsp3) is 0.250. The van der Waals surface area contributed by atoms with Crippen molar-refractivity contribution in [3.05, 3.63) is 47.5 Å². The number of aryl methyl sites for hydroxylation is 2. The second kappa shape index (κ2) is 6.19. The number of hydrogen-bond acceptors (Lipinski definition) is 4. The van der Waals surface area contributed by atoms with Gasteiger partial charge in [-0.1, -0.05) is 12.1 Å². The smallest absolute Gasteiger partial charge is 0.142 e. The largest absolute Gasteiger partial charge is 0.488 e. The summed E-state index contributed by atoms with van der Waals surface area (Å²) in [6.07, 6.45) is 0. The first kappa shape index (κ1) is 14.1. The van der Waals surface area contributed by atoms with Crippen LogP contribution in [-0.4, -0.2) is 13.2 Å². The van der Waals surface area contributed by atoms with Gasteiger partial charge in [-0.3, -0.25) is 0 Å². The van der Waals surface area contributed by atoms with Crippen LogP contribution in [-0.2, 0) is 0 Å². The first-order valence-electron chi connectivity index (χ1n) is 6.54. The van der Waals surface area contributed by atoms with Crippen molar-refractivity contribution in [3.63, 3.8) is 0 Å². The van der Waals surface area contributed by atoms with Gasteiger partial charge >= 0.3 is 0 Å². The molecule has 0 fully saturated rings. The van der Waals surface area contributed by atoms with Gasteiger partial charge in [0.2, 0.25) is 0 Å². The van der Waals surface area contributed by atoms with E-state index in [1.807, 2.05) is 50.2 Å². The van der Waals surface area contributed by atoms with E-state index in [9.17, 15) is 0 Å². The average molecular weight is 272 g/mol. The fourth-order valence-corrected chi connectivity index (χ4v) is 1.87.